The maximum atomic E-state index is 13.1. The van der Waals surface area contributed by atoms with E-state index in [0.29, 0.717) is 37.0 Å². The van der Waals surface area contributed by atoms with Crippen molar-refractivity contribution in [3.8, 4) is 11.1 Å². The van der Waals surface area contributed by atoms with Gasteiger partial charge >= 0.3 is 5.97 Å². The second kappa shape index (κ2) is 10.6. The van der Waals surface area contributed by atoms with E-state index in [1.807, 2.05) is 30.7 Å². The summed E-state index contributed by atoms with van der Waals surface area (Å²) in [4.78, 5) is 13.1. The van der Waals surface area contributed by atoms with Crippen molar-refractivity contribution in [2.75, 3.05) is 20.3 Å². The Kier molecular flexibility index (Phi) is 8.01. The van der Waals surface area contributed by atoms with E-state index in [4.69, 9.17) is 30.6 Å². The number of nitrogens with zero attached hydrogens (tertiary/aromatic N) is 3. The smallest absolute Gasteiger partial charge is 0.354 e. The van der Waals surface area contributed by atoms with Crippen LogP contribution in [0.15, 0.2) is 24.8 Å². The van der Waals surface area contributed by atoms with Gasteiger partial charge in [0, 0.05) is 40.2 Å². The van der Waals surface area contributed by atoms with Crippen LogP contribution in [0.3, 0.4) is 0 Å². The monoisotopic (exact) mass is 557 g/mol. The number of carbonyl (C=O) groups is 1. The number of carbonyl (C=O) groups excluding carboxylic acids is 1. The number of ether oxygens (including phenoxy) is 2. The van der Waals surface area contributed by atoms with Gasteiger partial charge in [-0.3, -0.25) is 4.68 Å². The van der Waals surface area contributed by atoms with Crippen LogP contribution in [0, 0.1) is 13.8 Å². The molecule has 0 spiro atoms. The molecule has 4 rings (SSSR count). The van der Waals surface area contributed by atoms with Crippen molar-refractivity contribution >= 4 is 36.8 Å². The Morgan fingerprint density at radius 1 is 1.29 bits per heavy atom. The first kappa shape index (κ1) is 28.6. The molecule has 1 atom stereocenters. The van der Waals surface area contributed by atoms with Crippen molar-refractivity contribution in [1.82, 2.24) is 14.3 Å². The average molecular weight is 558 g/mol. The van der Waals surface area contributed by atoms with Crippen molar-refractivity contribution in [2.24, 2.45) is 0 Å². The molecule has 0 bridgehead atoms. The third kappa shape index (κ3) is 4.88. The fourth-order valence-electron chi connectivity index (χ4n) is 5.11. The van der Waals surface area contributed by atoms with Crippen LogP contribution in [0.4, 0.5) is 0 Å². The van der Waals surface area contributed by atoms with E-state index in [2.05, 4.69) is 45.0 Å². The van der Waals surface area contributed by atoms with Crippen LogP contribution in [-0.4, -0.2) is 49.0 Å². The van der Waals surface area contributed by atoms with Gasteiger partial charge in [-0.25, -0.2) is 4.79 Å². The highest BCUT2D eigenvalue weighted by molar-refractivity contribution is 6.74. The molecule has 1 unspecified atom stereocenters. The lowest BCUT2D eigenvalue weighted by atomic mass is 9.95. The van der Waals surface area contributed by atoms with E-state index >= 15 is 0 Å². The van der Waals surface area contributed by atoms with Gasteiger partial charge in [0.2, 0.25) is 0 Å². The maximum absolute atomic E-state index is 13.1. The molecule has 9 heteroatoms. The van der Waals surface area contributed by atoms with Crippen molar-refractivity contribution in [3.63, 3.8) is 0 Å². The Balaban J connectivity index is 1.84. The summed E-state index contributed by atoms with van der Waals surface area (Å²) in [5, 5.41) is 6.47. The van der Waals surface area contributed by atoms with Crippen molar-refractivity contribution in [3.05, 3.63) is 52.5 Å². The van der Waals surface area contributed by atoms with Crippen LogP contribution >= 0.6 is 11.6 Å². The molecule has 206 valence electrons. The summed E-state index contributed by atoms with van der Waals surface area (Å²) in [6.07, 6.45) is 2.28. The number of halogens is 1. The first-order chi connectivity index (χ1) is 17.8. The summed E-state index contributed by atoms with van der Waals surface area (Å²) < 4.78 is 21.7. The molecule has 3 heterocycles. The van der Waals surface area contributed by atoms with Crippen LogP contribution in [0.5, 0.6) is 0 Å². The van der Waals surface area contributed by atoms with Gasteiger partial charge in [0.05, 0.1) is 31.6 Å². The Hall–Kier alpha value is -2.39. The minimum Gasteiger partial charge on any atom is -0.464 e. The fraction of sp³-hybridized carbons (Fsp3) is 0.517. The predicted molar refractivity (Wildman–Crippen MR) is 156 cm³/mol. The van der Waals surface area contributed by atoms with Gasteiger partial charge in [0.25, 0.3) is 0 Å². The molecule has 0 saturated heterocycles. The second-order valence-electron chi connectivity index (χ2n) is 11.5. The highest BCUT2D eigenvalue weighted by Gasteiger charge is 2.37. The number of esters is 1. The molecule has 38 heavy (non-hydrogen) atoms. The van der Waals surface area contributed by atoms with Gasteiger partial charge in [0.15, 0.2) is 8.32 Å². The molecule has 1 aliphatic heterocycles. The number of aromatic nitrogens is 3. The van der Waals surface area contributed by atoms with Crippen molar-refractivity contribution < 1.29 is 18.7 Å². The summed E-state index contributed by atoms with van der Waals surface area (Å²) in [5.74, 6) is -0.368. The highest BCUT2D eigenvalue weighted by Crippen LogP contribution is 2.45. The third-order valence-electron chi connectivity index (χ3n) is 8.10. The van der Waals surface area contributed by atoms with E-state index in [1.165, 1.54) is 7.11 Å². The van der Waals surface area contributed by atoms with Crippen LogP contribution in [-0.2, 0) is 27.0 Å². The van der Waals surface area contributed by atoms with Crippen molar-refractivity contribution in [1.29, 1.82) is 0 Å². The first-order valence-electron chi connectivity index (χ1n) is 13.2. The molecule has 7 nitrogen and oxygen atoms in total. The Morgan fingerprint density at radius 3 is 2.63 bits per heavy atom. The summed E-state index contributed by atoms with van der Waals surface area (Å²) in [5.41, 5.74) is 5.90. The zero-order valence-electron chi connectivity index (χ0n) is 23.9. The number of hydrogen-bond donors (Lipinski definition) is 0. The largest absolute Gasteiger partial charge is 0.464 e. The highest BCUT2D eigenvalue weighted by atomic mass is 35.5. The fourth-order valence-corrected chi connectivity index (χ4v) is 6.45. The van der Waals surface area contributed by atoms with Gasteiger partial charge in [-0.2, -0.15) is 5.10 Å². The Bertz CT molecular complexity index is 1380. The molecule has 0 fully saturated rings. The topological polar surface area (TPSA) is 67.5 Å². The Labute approximate surface area is 231 Å². The molecule has 0 radical (unpaired) electrons. The summed E-state index contributed by atoms with van der Waals surface area (Å²) >= 11 is 6.92. The number of benzene rings is 1. The Morgan fingerprint density at radius 2 is 2.00 bits per heavy atom. The maximum Gasteiger partial charge on any atom is 0.354 e. The molecule has 0 amide bonds. The number of hydrogen-bond acceptors (Lipinski definition) is 5. The van der Waals surface area contributed by atoms with Gasteiger partial charge < -0.3 is 18.5 Å². The molecule has 2 aromatic heterocycles. The summed E-state index contributed by atoms with van der Waals surface area (Å²) in [6, 6.07) is 3.89. The molecule has 3 aromatic rings. The predicted octanol–water partition coefficient (Wildman–Crippen LogP) is 7.23. The molecule has 0 N–H and O–H groups in total. The first-order valence-corrected chi connectivity index (χ1v) is 16.5. The van der Waals surface area contributed by atoms with Crippen LogP contribution in [0.1, 0.15) is 60.7 Å². The van der Waals surface area contributed by atoms with Gasteiger partial charge in [-0.1, -0.05) is 38.4 Å². The number of aryl methyl sites for hydroxylation is 3. The summed E-state index contributed by atoms with van der Waals surface area (Å²) in [7, 11) is -0.446. The summed E-state index contributed by atoms with van der Waals surface area (Å²) in [6.45, 7) is 21.6. The normalized spacial score (nSPS) is 16.1. The van der Waals surface area contributed by atoms with Crippen LogP contribution < -0.4 is 0 Å². The zero-order chi connectivity index (χ0) is 28.0. The number of rotatable bonds is 8. The number of fused-ring (bicyclic) bond motifs is 2. The second-order valence-corrected chi connectivity index (χ2v) is 16.7. The minimum atomic E-state index is -1.86. The average Bonchev–Trinajstić information content (AvgIpc) is 3.33. The molecule has 1 aliphatic rings. The van der Waals surface area contributed by atoms with Crippen LogP contribution in [0.25, 0.3) is 22.0 Å². The van der Waals surface area contributed by atoms with E-state index in [1.54, 1.807) is 6.08 Å². The van der Waals surface area contributed by atoms with Gasteiger partial charge in [-0.05, 0) is 56.1 Å². The SMILES string of the molecule is C=CC1OCCn2nc(C)c(-c3c(Cl)ccc4c3c(C)c(C(=O)OC)n4CCCO[Si](C)(C)C(C)(C)C)c21. The van der Waals surface area contributed by atoms with E-state index in [9.17, 15) is 4.79 Å². The van der Waals surface area contributed by atoms with E-state index in [0.717, 1.165) is 45.4 Å². The third-order valence-corrected chi connectivity index (χ3v) is 13.0. The molecular weight excluding hydrogens is 518 g/mol. The van der Waals surface area contributed by atoms with E-state index in [-0.39, 0.29) is 17.1 Å². The minimum absolute atomic E-state index is 0.141. The zero-order valence-corrected chi connectivity index (χ0v) is 25.7. The van der Waals surface area contributed by atoms with Gasteiger partial charge in [-0.15, -0.1) is 6.58 Å². The van der Waals surface area contributed by atoms with E-state index < -0.39 is 8.32 Å². The van der Waals surface area contributed by atoms with Gasteiger partial charge in [0.1, 0.15) is 11.8 Å². The van der Waals surface area contributed by atoms with Crippen molar-refractivity contribution in [2.45, 2.75) is 78.4 Å². The molecule has 1 aromatic carbocycles. The molecule has 0 saturated carbocycles. The molecular formula is C29H40ClN3O4Si. The quantitative estimate of drug-likeness (QED) is 0.126. The lowest BCUT2D eigenvalue weighted by molar-refractivity contribution is 0.0475. The lowest BCUT2D eigenvalue weighted by Gasteiger charge is -2.36. The number of methoxy groups -OCH3 is 1. The standard InChI is InChI=1S/C29H40ClN3O4Si/c1-10-22-27-24(19(3)31-33(27)15-17-36-22)25-20(30)12-13-21-23(25)18(2)26(28(34)35-7)32(21)14-11-16-37-38(8,9)29(4,5)6/h10,12-13,22H,1,11,14-17H2,2-9H3. The molecule has 0 aliphatic carbocycles. The van der Waals surface area contributed by atoms with Crippen LogP contribution in [0.2, 0.25) is 23.2 Å². The lowest BCUT2D eigenvalue weighted by Crippen LogP contribution is -2.41.